The van der Waals surface area contributed by atoms with Crippen molar-refractivity contribution in [1.82, 2.24) is 10.6 Å². The minimum atomic E-state index is -0.951. The second-order valence-corrected chi connectivity index (χ2v) is 8.54. The Morgan fingerprint density at radius 2 is 1.88 bits per heavy atom. The van der Waals surface area contributed by atoms with Gasteiger partial charge in [0.15, 0.2) is 0 Å². The zero-order valence-electron chi connectivity index (χ0n) is 18.6. The highest BCUT2D eigenvalue weighted by Gasteiger charge is 2.45. The maximum Gasteiger partial charge on any atom is 0.255 e. The number of rotatable bonds is 3. The second kappa shape index (κ2) is 10.1. The number of nitrogens with one attached hydrogen (secondary N) is 2. The molecule has 2 aromatic rings. The number of halogens is 1. The summed E-state index contributed by atoms with van der Waals surface area (Å²) < 4.78 is 16.7. The van der Waals surface area contributed by atoms with Crippen molar-refractivity contribution in [2.45, 2.75) is 30.8 Å². The molecule has 34 heavy (non-hydrogen) atoms. The van der Waals surface area contributed by atoms with Crippen molar-refractivity contribution in [2.75, 3.05) is 20.3 Å². The topological polar surface area (TPSA) is 110 Å². The lowest BCUT2D eigenvalue weighted by molar-refractivity contribution is -0.123. The molecule has 2 heterocycles. The Morgan fingerprint density at radius 1 is 1.18 bits per heavy atom. The summed E-state index contributed by atoms with van der Waals surface area (Å²) >= 11 is 6.37. The average molecular weight is 482 g/mol. The maximum absolute atomic E-state index is 13.3. The molecule has 0 spiro atoms. The fourth-order valence-corrected chi connectivity index (χ4v) is 3.79. The van der Waals surface area contributed by atoms with Gasteiger partial charge in [0.25, 0.3) is 5.91 Å². The van der Waals surface area contributed by atoms with Crippen LogP contribution in [-0.4, -0.2) is 43.7 Å². The molecule has 0 unspecified atom stereocenters. The number of nitrogens with zero attached hydrogens (tertiary/aromatic N) is 1. The van der Waals surface area contributed by atoms with E-state index >= 15 is 0 Å². The monoisotopic (exact) mass is 481 g/mol. The minimum Gasteiger partial charge on any atom is -0.497 e. The van der Waals surface area contributed by atoms with Crippen LogP contribution in [0.4, 0.5) is 0 Å². The van der Waals surface area contributed by atoms with E-state index in [4.69, 9.17) is 25.8 Å². The van der Waals surface area contributed by atoms with Crippen LogP contribution in [0.15, 0.2) is 48.6 Å². The number of nitriles is 1. The number of benzene rings is 2. The highest BCUT2D eigenvalue weighted by atomic mass is 35.5. The molecular weight excluding hydrogens is 458 g/mol. The van der Waals surface area contributed by atoms with Gasteiger partial charge in [0.1, 0.15) is 42.0 Å². The summed E-state index contributed by atoms with van der Waals surface area (Å²) in [6.07, 6.45) is 4.89. The lowest BCUT2D eigenvalue weighted by Gasteiger charge is -2.22. The Kier molecular flexibility index (Phi) is 6.94. The third-order valence-electron chi connectivity index (χ3n) is 5.65. The van der Waals surface area contributed by atoms with E-state index in [0.717, 1.165) is 5.56 Å². The fourth-order valence-electron chi connectivity index (χ4n) is 3.53. The molecule has 2 aliphatic heterocycles. The first-order valence-corrected chi connectivity index (χ1v) is 11.2. The molecule has 8 nitrogen and oxygen atoms in total. The number of carbonyl (C=O) groups is 2. The van der Waals surface area contributed by atoms with Crippen LogP contribution < -0.4 is 24.8 Å². The van der Waals surface area contributed by atoms with Gasteiger partial charge in [-0.2, -0.15) is 5.26 Å². The third kappa shape index (κ3) is 5.43. The number of ether oxygens (including phenoxy) is 3. The van der Waals surface area contributed by atoms with Gasteiger partial charge >= 0.3 is 0 Å². The number of hydrogen-bond acceptors (Lipinski definition) is 6. The van der Waals surface area contributed by atoms with Crippen LogP contribution in [0.5, 0.6) is 17.2 Å². The van der Waals surface area contributed by atoms with Gasteiger partial charge < -0.3 is 24.8 Å². The van der Waals surface area contributed by atoms with E-state index in [9.17, 15) is 14.9 Å². The first-order valence-electron chi connectivity index (χ1n) is 10.8. The van der Waals surface area contributed by atoms with E-state index in [0.29, 0.717) is 41.7 Å². The number of hydrogen-bond donors (Lipinski definition) is 2. The highest BCUT2D eigenvalue weighted by Crippen LogP contribution is 2.34. The zero-order chi connectivity index (χ0) is 24.1. The van der Waals surface area contributed by atoms with Crippen LogP contribution in [-0.2, 0) is 11.2 Å². The van der Waals surface area contributed by atoms with E-state index in [1.807, 2.05) is 0 Å². The molecule has 5 rings (SSSR count). The molecule has 1 atom stereocenters. The van der Waals surface area contributed by atoms with Crippen LogP contribution >= 0.6 is 11.6 Å². The van der Waals surface area contributed by atoms with Gasteiger partial charge in [0.2, 0.25) is 5.91 Å². The van der Waals surface area contributed by atoms with Crippen molar-refractivity contribution in [2.24, 2.45) is 0 Å². The normalized spacial score (nSPS) is 19.9. The largest absolute Gasteiger partial charge is 0.497 e. The Labute approximate surface area is 202 Å². The minimum absolute atomic E-state index is 0.166. The molecule has 176 valence electrons. The summed E-state index contributed by atoms with van der Waals surface area (Å²) in [6.45, 7) is 0.497. The van der Waals surface area contributed by atoms with E-state index in [2.05, 4.69) is 16.7 Å². The molecule has 2 N–H and O–H groups in total. The molecule has 2 bridgehead atoms. The zero-order valence-corrected chi connectivity index (χ0v) is 19.4. The second-order valence-electron chi connectivity index (χ2n) is 8.13. The van der Waals surface area contributed by atoms with Gasteiger partial charge in [-0.05, 0) is 60.9 Å². The van der Waals surface area contributed by atoms with E-state index in [-0.39, 0.29) is 18.6 Å². The molecule has 1 fully saturated rings. The molecule has 1 saturated carbocycles. The van der Waals surface area contributed by atoms with E-state index in [1.54, 1.807) is 48.6 Å². The van der Waals surface area contributed by atoms with Gasteiger partial charge in [0, 0.05) is 6.42 Å². The average Bonchev–Trinajstić information content (AvgIpc) is 3.61. The molecule has 0 radical (unpaired) electrons. The molecular formula is C25H24ClN3O5. The standard InChI is InChI=1S/C25H24ClN3O5/c1-32-17-5-7-21-18(14-17)23(30)28-20(24(31)29-25(15-27)8-9-25)13-16-4-6-22(19(26)12-16)34-11-3-2-10-33-21/h2-7,12,14,20H,8-11,13H2,1H3,(H,28,30)(H,29,31)/b3-2-/t20-/m0/s1. The predicted molar refractivity (Wildman–Crippen MR) is 125 cm³/mol. The number of methoxy groups -OCH3 is 1. The summed E-state index contributed by atoms with van der Waals surface area (Å²) in [4.78, 5) is 26.4. The number of amides is 2. The summed E-state index contributed by atoms with van der Waals surface area (Å²) in [7, 11) is 1.50. The lowest BCUT2D eigenvalue weighted by Crippen LogP contribution is -2.51. The van der Waals surface area contributed by atoms with Crippen LogP contribution in [0.3, 0.4) is 0 Å². The molecule has 9 heteroatoms. The van der Waals surface area contributed by atoms with Crippen molar-refractivity contribution < 1.29 is 23.8 Å². The molecule has 0 saturated heterocycles. The van der Waals surface area contributed by atoms with Gasteiger partial charge in [-0.3, -0.25) is 9.59 Å². The van der Waals surface area contributed by atoms with Gasteiger partial charge in [-0.25, -0.2) is 0 Å². The van der Waals surface area contributed by atoms with Gasteiger partial charge in [0.05, 0.1) is 23.8 Å². The SMILES string of the molecule is COc1ccc2c(c1)C(=O)N[C@H](C(=O)NC1(C#N)CC1)Cc1ccc(c(Cl)c1)OC/C=C\CO2. The van der Waals surface area contributed by atoms with Crippen molar-refractivity contribution >= 4 is 23.4 Å². The quantitative estimate of drug-likeness (QED) is 0.651. The first-order chi connectivity index (χ1) is 16.4. The van der Waals surface area contributed by atoms with Crippen molar-refractivity contribution in [3.05, 3.63) is 64.7 Å². The fraction of sp³-hybridized carbons (Fsp3) is 0.320. The Bertz CT molecular complexity index is 1170. The summed E-state index contributed by atoms with van der Waals surface area (Å²) in [5.41, 5.74) is 0.0799. The van der Waals surface area contributed by atoms with Crippen molar-refractivity contribution in [3.63, 3.8) is 0 Å². The third-order valence-corrected chi connectivity index (χ3v) is 5.95. The predicted octanol–water partition coefficient (Wildman–Crippen LogP) is 3.19. The molecule has 2 amide bonds. The number of carbonyl (C=O) groups excluding carboxylic acids is 2. The Hall–Kier alpha value is -3.70. The lowest BCUT2D eigenvalue weighted by atomic mass is 10.0. The Balaban J connectivity index is 1.68. The molecule has 0 aromatic heterocycles. The van der Waals surface area contributed by atoms with Crippen molar-refractivity contribution in [3.8, 4) is 23.3 Å². The summed E-state index contributed by atoms with van der Waals surface area (Å²) in [5.74, 6) is 0.376. The van der Waals surface area contributed by atoms with Crippen LogP contribution in [0.2, 0.25) is 5.02 Å². The summed E-state index contributed by atoms with van der Waals surface area (Å²) in [5, 5.41) is 15.4. The van der Waals surface area contributed by atoms with Crippen molar-refractivity contribution in [1.29, 1.82) is 5.26 Å². The number of fused-ring (bicyclic) bond motifs is 9. The maximum atomic E-state index is 13.3. The first kappa shape index (κ1) is 23.5. The highest BCUT2D eigenvalue weighted by molar-refractivity contribution is 6.32. The van der Waals surface area contributed by atoms with Gasteiger partial charge in [-0.1, -0.05) is 17.7 Å². The van der Waals surface area contributed by atoms with Gasteiger partial charge in [-0.15, -0.1) is 0 Å². The van der Waals surface area contributed by atoms with Crippen LogP contribution in [0.1, 0.15) is 28.8 Å². The van der Waals surface area contributed by atoms with Crippen LogP contribution in [0.25, 0.3) is 0 Å². The Morgan fingerprint density at radius 3 is 2.53 bits per heavy atom. The molecule has 3 aliphatic rings. The summed E-state index contributed by atoms with van der Waals surface area (Å²) in [6, 6.07) is 11.3. The van der Waals surface area contributed by atoms with E-state index < -0.39 is 23.4 Å². The molecule has 2 aromatic carbocycles. The molecule has 1 aliphatic carbocycles. The van der Waals surface area contributed by atoms with Crippen LogP contribution in [0, 0.1) is 11.3 Å². The smallest absolute Gasteiger partial charge is 0.255 e. The van der Waals surface area contributed by atoms with E-state index in [1.165, 1.54) is 7.11 Å².